The Hall–Kier alpha value is -2.65. The van der Waals surface area contributed by atoms with Gasteiger partial charge in [-0.25, -0.2) is 4.68 Å². The SMILES string of the molecule is FC(F)(F)c1cccc(Cn2cc([C@H]3OCCN3Cc3ccco3)nn2)c1. The molecule has 0 aliphatic carbocycles. The monoisotopic (exact) mass is 378 g/mol. The Morgan fingerprint density at radius 1 is 1.15 bits per heavy atom. The Morgan fingerprint density at radius 2 is 2.04 bits per heavy atom. The minimum absolute atomic E-state index is 0.196. The normalized spacial score (nSPS) is 18.3. The van der Waals surface area contributed by atoms with E-state index in [1.165, 1.54) is 10.7 Å². The molecular formula is C18H17F3N4O2. The van der Waals surface area contributed by atoms with Crippen LogP contribution in [0.25, 0.3) is 0 Å². The van der Waals surface area contributed by atoms with Gasteiger partial charge in [-0.2, -0.15) is 13.2 Å². The van der Waals surface area contributed by atoms with Gasteiger partial charge in [-0.05, 0) is 29.8 Å². The topological polar surface area (TPSA) is 56.3 Å². The highest BCUT2D eigenvalue weighted by atomic mass is 19.4. The van der Waals surface area contributed by atoms with Gasteiger partial charge in [0.05, 0.1) is 37.7 Å². The number of halogens is 3. The lowest BCUT2D eigenvalue weighted by Crippen LogP contribution is -2.23. The van der Waals surface area contributed by atoms with Crippen LogP contribution in [0.3, 0.4) is 0 Å². The third-order valence-electron chi connectivity index (χ3n) is 4.33. The van der Waals surface area contributed by atoms with E-state index < -0.39 is 11.7 Å². The lowest BCUT2D eigenvalue weighted by atomic mass is 10.1. The zero-order chi connectivity index (χ0) is 18.9. The molecule has 142 valence electrons. The Kier molecular flexibility index (Phi) is 4.71. The standard InChI is InChI=1S/C18H17F3N4O2/c19-18(20,21)14-4-1-3-13(9-14)10-25-12-16(22-23-25)17-24(6-8-27-17)11-15-5-2-7-26-15/h1-5,7,9,12,17H,6,8,10-11H2/t17-/m1/s1. The first-order chi connectivity index (χ1) is 13.0. The van der Waals surface area contributed by atoms with Crippen molar-refractivity contribution in [3.63, 3.8) is 0 Å². The molecule has 27 heavy (non-hydrogen) atoms. The summed E-state index contributed by atoms with van der Waals surface area (Å²) in [6, 6.07) is 8.91. The van der Waals surface area contributed by atoms with E-state index in [9.17, 15) is 13.2 Å². The number of hydrogen-bond donors (Lipinski definition) is 0. The van der Waals surface area contributed by atoms with Gasteiger partial charge in [0.2, 0.25) is 0 Å². The van der Waals surface area contributed by atoms with E-state index in [4.69, 9.17) is 9.15 Å². The quantitative estimate of drug-likeness (QED) is 0.681. The number of rotatable bonds is 5. The van der Waals surface area contributed by atoms with E-state index in [0.29, 0.717) is 24.4 Å². The molecule has 0 unspecified atom stereocenters. The van der Waals surface area contributed by atoms with Gasteiger partial charge in [0.15, 0.2) is 6.23 Å². The van der Waals surface area contributed by atoms with E-state index in [1.54, 1.807) is 18.5 Å². The molecule has 9 heteroatoms. The number of hydrogen-bond acceptors (Lipinski definition) is 5. The third kappa shape index (κ3) is 4.04. The summed E-state index contributed by atoms with van der Waals surface area (Å²) >= 11 is 0. The van der Waals surface area contributed by atoms with Gasteiger partial charge >= 0.3 is 6.18 Å². The molecule has 4 rings (SSSR count). The second-order valence-corrected chi connectivity index (χ2v) is 6.31. The molecule has 0 radical (unpaired) electrons. The molecule has 3 heterocycles. The van der Waals surface area contributed by atoms with Crippen LogP contribution < -0.4 is 0 Å². The fourth-order valence-electron chi connectivity index (χ4n) is 3.08. The van der Waals surface area contributed by atoms with Crippen LogP contribution in [0, 0.1) is 0 Å². The summed E-state index contributed by atoms with van der Waals surface area (Å²) in [5.41, 5.74) is 0.441. The molecule has 1 atom stereocenters. The van der Waals surface area contributed by atoms with Crippen molar-refractivity contribution in [1.29, 1.82) is 0 Å². The van der Waals surface area contributed by atoms with Crippen molar-refractivity contribution in [2.24, 2.45) is 0 Å². The van der Waals surface area contributed by atoms with Crippen molar-refractivity contribution in [3.05, 3.63) is 71.4 Å². The van der Waals surface area contributed by atoms with Gasteiger partial charge in [0.25, 0.3) is 0 Å². The molecule has 0 amide bonds. The fourth-order valence-corrected chi connectivity index (χ4v) is 3.08. The van der Waals surface area contributed by atoms with Crippen LogP contribution in [-0.4, -0.2) is 33.0 Å². The maximum Gasteiger partial charge on any atom is 0.416 e. The zero-order valence-corrected chi connectivity index (χ0v) is 14.3. The van der Waals surface area contributed by atoms with Gasteiger partial charge < -0.3 is 9.15 Å². The summed E-state index contributed by atoms with van der Waals surface area (Å²) in [7, 11) is 0. The van der Waals surface area contributed by atoms with E-state index in [2.05, 4.69) is 15.2 Å². The smallest absolute Gasteiger partial charge is 0.416 e. The van der Waals surface area contributed by atoms with E-state index in [1.807, 2.05) is 12.1 Å². The minimum atomic E-state index is -4.37. The first-order valence-electron chi connectivity index (χ1n) is 8.43. The van der Waals surface area contributed by atoms with Crippen molar-refractivity contribution < 1.29 is 22.3 Å². The molecule has 0 bridgehead atoms. The van der Waals surface area contributed by atoms with E-state index >= 15 is 0 Å². The van der Waals surface area contributed by atoms with Gasteiger partial charge in [0.1, 0.15) is 11.5 Å². The molecular weight excluding hydrogens is 361 g/mol. The highest BCUT2D eigenvalue weighted by molar-refractivity contribution is 5.25. The Labute approximate surface area is 153 Å². The molecule has 1 saturated heterocycles. The number of furan rings is 1. The maximum absolute atomic E-state index is 12.8. The molecule has 2 aromatic heterocycles. The number of nitrogens with zero attached hydrogens (tertiary/aromatic N) is 4. The zero-order valence-electron chi connectivity index (χ0n) is 14.3. The summed E-state index contributed by atoms with van der Waals surface area (Å²) in [5.74, 6) is 0.821. The number of aromatic nitrogens is 3. The summed E-state index contributed by atoms with van der Waals surface area (Å²) in [5, 5.41) is 8.17. The molecule has 0 N–H and O–H groups in total. The van der Waals surface area contributed by atoms with Crippen molar-refractivity contribution in [3.8, 4) is 0 Å². The Balaban J connectivity index is 1.47. The van der Waals surface area contributed by atoms with Gasteiger partial charge in [-0.3, -0.25) is 4.90 Å². The van der Waals surface area contributed by atoms with Crippen molar-refractivity contribution in [1.82, 2.24) is 19.9 Å². The fraction of sp³-hybridized carbons (Fsp3) is 0.333. The van der Waals surface area contributed by atoms with Crippen molar-refractivity contribution in [2.45, 2.75) is 25.5 Å². The molecule has 1 aromatic carbocycles. The molecule has 0 spiro atoms. The van der Waals surface area contributed by atoms with Gasteiger partial charge in [-0.15, -0.1) is 5.10 Å². The first kappa shape index (κ1) is 17.7. The van der Waals surface area contributed by atoms with Crippen LogP contribution in [0.2, 0.25) is 0 Å². The van der Waals surface area contributed by atoms with Crippen LogP contribution in [-0.2, 0) is 24.0 Å². The molecule has 1 aliphatic heterocycles. The Morgan fingerprint density at radius 3 is 2.81 bits per heavy atom. The molecule has 1 aliphatic rings. The van der Waals surface area contributed by atoms with E-state index in [0.717, 1.165) is 24.4 Å². The summed E-state index contributed by atoms with van der Waals surface area (Å²) < 4.78 is 51.2. The molecule has 0 saturated carbocycles. The van der Waals surface area contributed by atoms with Crippen LogP contribution in [0.5, 0.6) is 0 Å². The van der Waals surface area contributed by atoms with Gasteiger partial charge in [-0.1, -0.05) is 17.3 Å². The molecule has 6 nitrogen and oxygen atoms in total. The summed E-state index contributed by atoms with van der Waals surface area (Å²) in [6.07, 6.45) is -1.41. The second kappa shape index (κ2) is 7.16. The lowest BCUT2D eigenvalue weighted by molar-refractivity contribution is -0.137. The van der Waals surface area contributed by atoms with Crippen LogP contribution in [0.1, 0.15) is 28.8 Å². The van der Waals surface area contributed by atoms with Crippen molar-refractivity contribution >= 4 is 0 Å². The minimum Gasteiger partial charge on any atom is -0.468 e. The molecule has 1 fully saturated rings. The third-order valence-corrected chi connectivity index (χ3v) is 4.33. The number of ether oxygens (including phenoxy) is 1. The first-order valence-corrected chi connectivity index (χ1v) is 8.43. The average molecular weight is 378 g/mol. The lowest BCUT2D eigenvalue weighted by Gasteiger charge is -2.19. The van der Waals surface area contributed by atoms with Crippen LogP contribution in [0.15, 0.2) is 53.3 Å². The average Bonchev–Trinajstić information content (AvgIpc) is 3.37. The highest BCUT2D eigenvalue weighted by Gasteiger charge is 2.31. The highest BCUT2D eigenvalue weighted by Crippen LogP contribution is 2.30. The number of benzene rings is 1. The van der Waals surface area contributed by atoms with Crippen molar-refractivity contribution in [2.75, 3.05) is 13.2 Å². The van der Waals surface area contributed by atoms with E-state index in [-0.39, 0.29) is 12.8 Å². The predicted molar refractivity (Wildman–Crippen MR) is 88.4 cm³/mol. The maximum atomic E-state index is 12.8. The van der Waals surface area contributed by atoms with Crippen LogP contribution in [0.4, 0.5) is 13.2 Å². The van der Waals surface area contributed by atoms with Crippen LogP contribution >= 0.6 is 0 Å². The summed E-state index contributed by atoms with van der Waals surface area (Å²) in [4.78, 5) is 2.07. The van der Waals surface area contributed by atoms with Gasteiger partial charge in [0, 0.05) is 6.54 Å². The molecule has 3 aromatic rings. The largest absolute Gasteiger partial charge is 0.468 e. The predicted octanol–water partition coefficient (Wildman–Crippen LogP) is 3.47. The Bertz CT molecular complexity index is 892. The summed E-state index contributed by atoms with van der Waals surface area (Å²) in [6.45, 7) is 2.07. The second-order valence-electron chi connectivity index (χ2n) is 6.31. The number of alkyl halides is 3.